The third-order valence-electron chi connectivity index (χ3n) is 1.84. The smallest absolute Gasteiger partial charge is 0.0656 e. The van der Waals surface area contributed by atoms with Crippen molar-refractivity contribution in [3.63, 3.8) is 0 Å². The molecule has 0 amide bonds. The van der Waals surface area contributed by atoms with Crippen LogP contribution in [0.15, 0.2) is 0 Å². The van der Waals surface area contributed by atoms with Gasteiger partial charge < -0.3 is 4.74 Å². The first-order valence-corrected chi connectivity index (χ1v) is 4.65. The number of nitrogens with zero attached hydrogens (tertiary/aromatic N) is 1. The Morgan fingerprint density at radius 1 is 1.25 bits per heavy atom. The summed E-state index contributed by atoms with van der Waals surface area (Å²) in [5, 5.41) is 1.89. The van der Waals surface area contributed by atoms with Crippen molar-refractivity contribution in [1.82, 2.24) is 5.06 Å². The van der Waals surface area contributed by atoms with Crippen molar-refractivity contribution in [2.75, 3.05) is 26.9 Å². The van der Waals surface area contributed by atoms with Crippen molar-refractivity contribution in [3.8, 4) is 0 Å². The third-order valence-corrected chi connectivity index (χ3v) is 1.84. The molecule has 0 N–H and O–H groups in total. The quantitative estimate of drug-likeness (QED) is 0.434. The normalized spacial score (nSPS) is 13.8. The Kier molecular flexibility index (Phi) is 7.45. The van der Waals surface area contributed by atoms with Crippen LogP contribution in [0.1, 0.15) is 27.2 Å². The lowest BCUT2D eigenvalue weighted by atomic mass is 10.2. The number of ether oxygens (including phenoxy) is 1. The van der Waals surface area contributed by atoms with Crippen LogP contribution in [0, 0.1) is 0 Å². The molecule has 0 aliphatic heterocycles. The van der Waals surface area contributed by atoms with Crippen LogP contribution >= 0.6 is 0 Å². The van der Waals surface area contributed by atoms with Crippen LogP contribution in [0.4, 0.5) is 0 Å². The standard InChI is InChI=1S/C9H21NO2/c1-5-11-8-7-9(3)10(4)12-6-2/h9H,5-8H2,1-4H3. The molecule has 0 aliphatic carbocycles. The summed E-state index contributed by atoms with van der Waals surface area (Å²) in [5.41, 5.74) is 0. The molecule has 0 spiro atoms. The molecule has 0 rings (SSSR count). The van der Waals surface area contributed by atoms with Gasteiger partial charge in [0.15, 0.2) is 0 Å². The van der Waals surface area contributed by atoms with E-state index in [0.717, 1.165) is 26.2 Å². The molecule has 0 bridgehead atoms. The fourth-order valence-corrected chi connectivity index (χ4v) is 0.911. The van der Waals surface area contributed by atoms with Gasteiger partial charge in [-0.3, -0.25) is 4.84 Å². The van der Waals surface area contributed by atoms with E-state index in [4.69, 9.17) is 9.57 Å². The van der Waals surface area contributed by atoms with Gasteiger partial charge in [-0.05, 0) is 27.2 Å². The van der Waals surface area contributed by atoms with E-state index in [1.807, 2.05) is 26.0 Å². The lowest BCUT2D eigenvalue weighted by molar-refractivity contribution is -0.162. The zero-order chi connectivity index (χ0) is 9.40. The van der Waals surface area contributed by atoms with E-state index in [2.05, 4.69) is 6.92 Å². The second-order valence-corrected chi connectivity index (χ2v) is 2.80. The summed E-state index contributed by atoms with van der Waals surface area (Å²) in [5.74, 6) is 0. The molecule has 1 atom stereocenters. The van der Waals surface area contributed by atoms with Crippen molar-refractivity contribution in [2.24, 2.45) is 0 Å². The number of hydrogen-bond donors (Lipinski definition) is 0. The predicted molar refractivity (Wildman–Crippen MR) is 50.0 cm³/mol. The van der Waals surface area contributed by atoms with Gasteiger partial charge in [0.2, 0.25) is 0 Å². The molecule has 0 aromatic carbocycles. The van der Waals surface area contributed by atoms with Gasteiger partial charge in [-0.1, -0.05) is 0 Å². The number of hydroxylamine groups is 2. The lowest BCUT2D eigenvalue weighted by Crippen LogP contribution is -2.30. The second kappa shape index (κ2) is 7.53. The average molecular weight is 175 g/mol. The van der Waals surface area contributed by atoms with Gasteiger partial charge in [0, 0.05) is 26.3 Å². The van der Waals surface area contributed by atoms with Crippen LogP contribution in [-0.2, 0) is 9.57 Å². The molecule has 3 nitrogen and oxygen atoms in total. The fraction of sp³-hybridized carbons (Fsp3) is 1.00. The Bertz CT molecular complexity index is 98.5. The van der Waals surface area contributed by atoms with Gasteiger partial charge >= 0.3 is 0 Å². The molecule has 0 aliphatic rings. The minimum atomic E-state index is 0.427. The molecule has 1 unspecified atom stereocenters. The highest BCUT2D eigenvalue weighted by Crippen LogP contribution is 2.01. The molecule has 74 valence electrons. The SMILES string of the molecule is CCOCCC(C)N(C)OCC. The van der Waals surface area contributed by atoms with Crippen LogP contribution in [0.3, 0.4) is 0 Å². The summed E-state index contributed by atoms with van der Waals surface area (Å²) in [6, 6.07) is 0.427. The summed E-state index contributed by atoms with van der Waals surface area (Å²) >= 11 is 0. The Morgan fingerprint density at radius 2 is 1.92 bits per heavy atom. The molecule has 0 aromatic rings. The molecule has 0 radical (unpaired) electrons. The summed E-state index contributed by atoms with van der Waals surface area (Å²) < 4.78 is 5.25. The van der Waals surface area contributed by atoms with Gasteiger partial charge in [-0.15, -0.1) is 0 Å². The first-order chi connectivity index (χ1) is 5.72. The highest BCUT2D eigenvalue weighted by Gasteiger charge is 2.07. The molecule has 12 heavy (non-hydrogen) atoms. The van der Waals surface area contributed by atoms with E-state index >= 15 is 0 Å². The fourth-order valence-electron chi connectivity index (χ4n) is 0.911. The van der Waals surface area contributed by atoms with E-state index in [0.29, 0.717) is 6.04 Å². The molecular formula is C9H21NO2. The second-order valence-electron chi connectivity index (χ2n) is 2.80. The summed E-state index contributed by atoms with van der Waals surface area (Å²) in [6.45, 7) is 8.48. The van der Waals surface area contributed by atoms with Crippen LogP contribution in [0.2, 0.25) is 0 Å². The van der Waals surface area contributed by atoms with Gasteiger partial charge in [0.1, 0.15) is 0 Å². The van der Waals surface area contributed by atoms with Crippen LogP contribution < -0.4 is 0 Å². The van der Waals surface area contributed by atoms with Gasteiger partial charge in [0.25, 0.3) is 0 Å². The largest absolute Gasteiger partial charge is 0.382 e. The average Bonchev–Trinajstić information content (AvgIpc) is 2.05. The Morgan fingerprint density at radius 3 is 2.42 bits per heavy atom. The molecule has 0 saturated heterocycles. The highest BCUT2D eigenvalue weighted by molar-refractivity contribution is 4.54. The first-order valence-electron chi connectivity index (χ1n) is 4.65. The van der Waals surface area contributed by atoms with Crippen molar-refractivity contribution in [3.05, 3.63) is 0 Å². The summed E-state index contributed by atoms with van der Waals surface area (Å²) in [7, 11) is 1.96. The van der Waals surface area contributed by atoms with E-state index in [-0.39, 0.29) is 0 Å². The Balaban J connectivity index is 3.35. The van der Waals surface area contributed by atoms with Crippen LogP contribution in [0.25, 0.3) is 0 Å². The van der Waals surface area contributed by atoms with Crippen molar-refractivity contribution in [1.29, 1.82) is 0 Å². The minimum Gasteiger partial charge on any atom is -0.382 e. The van der Waals surface area contributed by atoms with Crippen LogP contribution in [0.5, 0.6) is 0 Å². The lowest BCUT2D eigenvalue weighted by Gasteiger charge is -2.22. The zero-order valence-electron chi connectivity index (χ0n) is 8.67. The van der Waals surface area contributed by atoms with E-state index in [1.54, 1.807) is 0 Å². The van der Waals surface area contributed by atoms with Gasteiger partial charge in [-0.25, -0.2) is 0 Å². The Hall–Kier alpha value is -0.120. The maximum Gasteiger partial charge on any atom is 0.0656 e. The van der Waals surface area contributed by atoms with Crippen molar-refractivity contribution >= 4 is 0 Å². The molecule has 0 fully saturated rings. The highest BCUT2D eigenvalue weighted by atomic mass is 16.7. The molecule has 3 heteroatoms. The zero-order valence-corrected chi connectivity index (χ0v) is 8.67. The van der Waals surface area contributed by atoms with E-state index < -0.39 is 0 Å². The van der Waals surface area contributed by atoms with Crippen molar-refractivity contribution in [2.45, 2.75) is 33.2 Å². The monoisotopic (exact) mass is 175 g/mol. The van der Waals surface area contributed by atoms with Gasteiger partial charge in [0.05, 0.1) is 6.61 Å². The first kappa shape index (κ1) is 11.9. The molecule has 0 saturated carbocycles. The third kappa shape index (κ3) is 5.52. The molecule has 0 heterocycles. The maximum absolute atomic E-state index is 5.31. The maximum atomic E-state index is 5.31. The topological polar surface area (TPSA) is 21.7 Å². The molecular weight excluding hydrogens is 154 g/mol. The Labute approximate surface area is 75.6 Å². The summed E-state index contributed by atoms with van der Waals surface area (Å²) in [4.78, 5) is 5.31. The van der Waals surface area contributed by atoms with Crippen LogP contribution in [-0.4, -0.2) is 38.0 Å². The molecule has 0 aromatic heterocycles. The van der Waals surface area contributed by atoms with E-state index in [1.165, 1.54) is 0 Å². The van der Waals surface area contributed by atoms with E-state index in [9.17, 15) is 0 Å². The predicted octanol–water partition coefficient (Wildman–Crippen LogP) is 1.68. The number of rotatable bonds is 7. The minimum absolute atomic E-state index is 0.427. The van der Waals surface area contributed by atoms with Gasteiger partial charge in [-0.2, -0.15) is 5.06 Å². The van der Waals surface area contributed by atoms with Crippen molar-refractivity contribution < 1.29 is 9.57 Å². The summed E-state index contributed by atoms with van der Waals surface area (Å²) in [6.07, 6.45) is 1.02. The number of hydrogen-bond acceptors (Lipinski definition) is 3.